The molecular formula is C11H15BrN2O. The van der Waals surface area contributed by atoms with E-state index in [2.05, 4.69) is 21.2 Å². The summed E-state index contributed by atoms with van der Waals surface area (Å²) in [5.41, 5.74) is 8.36. The van der Waals surface area contributed by atoms with Crippen LogP contribution in [0.3, 0.4) is 0 Å². The van der Waals surface area contributed by atoms with Crippen molar-refractivity contribution in [1.82, 2.24) is 0 Å². The predicted octanol–water partition coefficient (Wildman–Crippen LogP) is 2.35. The summed E-state index contributed by atoms with van der Waals surface area (Å²) in [6, 6.07) is 3.65. The Hall–Kier alpha value is -1.03. The van der Waals surface area contributed by atoms with Gasteiger partial charge in [0.2, 0.25) is 5.91 Å². The second kappa shape index (κ2) is 4.66. The van der Waals surface area contributed by atoms with Crippen LogP contribution in [0.5, 0.6) is 0 Å². The Bertz CT molecular complexity index is 367. The van der Waals surface area contributed by atoms with Crippen LogP contribution in [0, 0.1) is 13.8 Å². The minimum absolute atomic E-state index is 0.350. The van der Waals surface area contributed by atoms with Gasteiger partial charge in [-0.05, 0) is 44.0 Å². The maximum Gasteiger partial charge on any atom is 0.239 e. The molecule has 82 valence electrons. The number of nitrogens with two attached hydrogens (primary N) is 1. The molecular weight excluding hydrogens is 256 g/mol. The number of halogens is 1. The molecule has 1 amide bonds. The van der Waals surface area contributed by atoms with Crippen molar-refractivity contribution in [2.24, 2.45) is 5.73 Å². The van der Waals surface area contributed by atoms with Crippen molar-refractivity contribution in [2.75, 3.05) is 5.32 Å². The summed E-state index contributed by atoms with van der Waals surface area (Å²) >= 11 is 3.42. The molecule has 4 heteroatoms. The molecule has 3 N–H and O–H groups in total. The maximum atomic E-state index is 10.9. The van der Waals surface area contributed by atoms with Gasteiger partial charge < -0.3 is 11.1 Å². The Morgan fingerprint density at radius 1 is 1.40 bits per heavy atom. The first kappa shape index (κ1) is 12.0. The molecule has 0 saturated carbocycles. The molecule has 0 aromatic heterocycles. The van der Waals surface area contributed by atoms with E-state index < -0.39 is 0 Å². The summed E-state index contributed by atoms with van der Waals surface area (Å²) in [4.78, 5) is 10.9. The van der Waals surface area contributed by atoms with E-state index in [9.17, 15) is 4.79 Å². The summed E-state index contributed by atoms with van der Waals surface area (Å²) < 4.78 is 1.04. The molecule has 0 spiro atoms. The minimum atomic E-state index is -0.358. The lowest BCUT2D eigenvalue weighted by Crippen LogP contribution is -2.32. The van der Waals surface area contributed by atoms with E-state index in [4.69, 9.17) is 5.73 Å². The van der Waals surface area contributed by atoms with Crippen LogP contribution in [0.2, 0.25) is 0 Å². The SMILES string of the molecule is Cc1cc(Br)cc(C)c1NC(C)C(N)=O. The highest BCUT2D eigenvalue weighted by Gasteiger charge is 2.11. The van der Waals surface area contributed by atoms with Crippen molar-refractivity contribution in [2.45, 2.75) is 26.8 Å². The van der Waals surface area contributed by atoms with E-state index in [0.717, 1.165) is 21.3 Å². The first-order chi connectivity index (χ1) is 6.91. The van der Waals surface area contributed by atoms with Crippen molar-refractivity contribution in [3.05, 3.63) is 27.7 Å². The third-order valence-electron chi connectivity index (χ3n) is 2.29. The molecule has 1 unspecified atom stereocenters. The number of carbonyl (C=O) groups is 1. The van der Waals surface area contributed by atoms with Gasteiger partial charge in [-0.2, -0.15) is 0 Å². The smallest absolute Gasteiger partial charge is 0.239 e. The largest absolute Gasteiger partial charge is 0.373 e. The average molecular weight is 271 g/mol. The van der Waals surface area contributed by atoms with Crippen molar-refractivity contribution in [3.63, 3.8) is 0 Å². The van der Waals surface area contributed by atoms with E-state index in [1.54, 1.807) is 6.92 Å². The van der Waals surface area contributed by atoms with Gasteiger partial charge >= 0.3 is 0 Å². The van der Waals surface area contributed by atoms with Crippen LogP contribution in [0.15, 0.2) is 16.6 Å². The lowest BCUT2D eigenvalue weighted by Gasteiger charge is -2.16. The van der Waals surface area contributed by atoms with E-state index in [-0.39, 0.29) is 11.9 Å². The zero-order valence-corrected chi connectivity index (χ0v) is 10.7. The number of amides is 1. The Morgan fingerprint density at radius 2 is 1.87 bits per heavy atom. The van der Waals surface area contributed by atoms with E-state index in [1.807, 2.05) is 26.0 Å². The fraction of sp³-hybridized carbons (Fsp3) is 0.364. The van der Waals surface area contributed by atoms with E-state index >= 15 is 0 Å². The molecule has 15 heavy (non-hydrogen) atoms. The molecule has 0 aliphatic rings. The Labute approximate surface area is 98.2 Å². The van der Waals surface area contributed by atoms with Crippen LogP contribution in [-0.4, -0.2) is 11.9 Å². The molecule has 3 nitrogen and oxygen atoms in total. The number of aryl methyl sites for hydroxylation is 2. The Balaban J connectivity index is 3.00. The van der Waals surface area contributed by atoms with Gasteiger partial charge in [0, 0.05) is 10.2 Å². The predicted molar refractivity (Wildman–Crippen MR) is 65.9 cm³/mol. The van der Waals surface area contributed by atoms with Crippen molar-refractivity contribution >= 4 is 27.5 Å². The van der Waals surface area contributed by atoms with Crippen molar-refractivity contribution < 1.29 is 4.79 Å². The van der Waals surface area contributed by atoms with E-state index in [1.165, 1.54) is 0 Å². The highest BCUT2D eigenvalue weighted by Crippen LogP contribution is 2.25. The van der Waals surface area contributed by atoms with Crippen LogP contribution < -0.4 is 11.1 Å². The second-order valence-corrected chi connectivity index (χ2v) is 4.60. The number of anilines is 1. The molecule has 1 atom stereocenters. The van der Waals surface area contributed by atoms with Gasteiger partial charge in [0.15, 0.2) is 0 Å². The van der Waals surface area contributed by atoms with Gasteiger partial charge in [-0.1, -0.05) is 15.9 Å². The molecule has 0 aliphatic carbocycles. The molecule has 0 fully saturated rings. The number of carbonyl (C=O) groups excluding carboxylic acids is 1. The lowest BCUT2D eigenvalue weighted by molar-refractivity contribution is -0.118. The molecule has 1 rings (SSSR count). The molecule has 0 radical (unpaired) electrons. The molecule has 0 saturated heterocycles. The summed E-state index contributed by atoms with van der Waals surface area (Å²) in [5.74, 6) is -0.350. The van der Waals surface area contributed by atoms with Gasteiger partial charge in [-0.15, -0.1) is 0 Å². The minimum Gasteiger partial charge on any atom is -0.373 e. The number of benzene rings is 1. The monoisotopic (exact) mass is 270 g/mol. The molecule has 0 bridgehead atoms. The van der Waals surface area contributed by atoms with Crippen LogP contribution in [0.25, 0.3) is 0 Å². The summed E-state index contributed by atoms with van der Waals surface area (Å²) in [5, 5.41) is 3.11. The Kier molecular flexibility index (Phi) is 3.74. The fourth-order valence-corrected chi connectivity index (χ4v) is 2.11. The lowest BCUT2D eigenvalue weighted by atomic mass is 10.1. The highest BCUT2D eigenvalue weighted by molar-refractivity contribution is 9.10. The number of primary amides is 1. The normalized spacial score (nSPS) is 12.3. The number of nitrogens with one attached hydrogen (secondary N) is 1. The third-order valence-corrected chi connectivity index (χ3v) is 2.74. The van der Waals surface area contributed by atoms with Crippen molar-refractivity contribution in [3.8, 4) is 0 Å². The van der Waals surface area contributed by atoms with Gasteiger partial charge in [0.1, 0.15) is 6.04 Å². The van der Waals surface area contributed by atoms with Gasteiger partial charge in [0.05, 0.1) is 0 Å². The number of hydrogen-bond acceptors (Lipinski definition) is 2. The maximum absolute atomic E-state index is 10.9. The summed E-state index contributed by atoms with van der Waals surface area (Å²) in [6.45, 7) is 5.74. The van der Waals surface area contributed by atoms with Crippen LogP contribution in [0.4, 0.5) is 5.69 Å². The third kappa shape index (κ3) is 2.96. The number of hydrogen-bond donors (Lipinski definition) is 2. The fourth-order valence-electron chi connectivity index (χ4n) is 1.43. The van der Waals surface area contributed by atoms with Crippen LogP contribution >= 0.6 is 15.9 Å². The number of rotatable bonds is 3. The van der Waals surface area contributed by atoms with Crippen LogP contribution in [0.1, 0.15) is 18.1 Å². The average Bonchev–Trinajstić information content (AvgIpc) is 2.10. The van der Waals surface area contributed by atoms with Crippen LogP contribution in [-0.2, 0) is 4.79 Å². The highest BCUT2D eigenvalue weighted by atomic mass is 79.9. The van der Waals surface area contributed by atoms with Gasteiger partial charge in [-0.3, -0.25) is 4.79 Å². The first-order valence-corrected chi connectivity index (χ1v) is 5.53. The van der Waals surface area contributed by atoms with E-state index in [0.29, 0.717) is 0 Å². The zero-order chi connectivity index (χ0) is 11.6. The topological polar surface area (TPSA) is 55.1 Å². The Morgan fingerprint density at radius 3 is 2.27 bits per heavy atom. The zero-order valence-electron chi connectivity index (χ0n) is 9.10. The molecule has 0 aliphatic heterocycles. The summed E-state index contributed by atoms with van der Waals surface area (Å²) in [7, 11) is 0. The standard InChI is InChI=1S/C11H15BrN2O/c1-6-4-9(12)5-7(2)10(6)14-8(3)11(13)15/h4-5,8,14H,1-3H3,(H2,13,15). The van der Waals surface area contributed by atoms with Gasteiger partial charge in [0.25, 0.3) is 0 Å². The quantitative estimate of drug-likeness (QED) is 0.886. The van der Waals surface area contributed by atoms with Gasteiger partial charge in [-0.25, -0.2) is 0 Å². The molecule has 1 aromatic rings. The molecule has 0 heterocycles. The van der Waals surface area contributed by atoms with Crippen molar-refractivity contribution in [1.29, 1.82) is 0 Å². The second-order valence-electron chi connectivity index (χ2n) is 3.68. The molecule has 1 aromatic carbocycles. The summed E-state index contributed by atoms with van der Waals surface area (Å²) in [6.07, 6.45) is 0. The first-order valence-electron chi connectivity index (χ1n) is 4.74.